The lowest BCUT2D eigenvalue weighted by molar-refractivity contribution is 0.0746. The van der Waals surface area contributed by atoms with Gasteiger partial charge in [-0.3, -0.25) is 4.79 Å². The highest BCUT2D eigenvalue weighted by Crippen LogP contribution is 2.23. The van der Waals surface area contributed by atoms with E-state index in [1.165, 1.54) is 0 Å². The van der Waals surface area contributed by atoms with Gasteiger partial charge >= 0.3 is 0 Å². The van der Waals surface area contributed by atoms with E-state index in [1.807, 2.05) is 34.5 Å². The molecular formula is C19H17ClN4OS. The van der Waals surface area contributed by atoms with Gasteiger partial charge in [0.05, 0.1) is 4.88 Å². The molecule has 1 saturated heterocycles. The molecule has 2 aromatic heterocycles. The number of rotatable bonds is 3. The summed E-state index contributed by atoms with van der Waals surface area (Å²) in [6.07, 6.45) is 0. The highest BCUT2D eigenvalue weighted by atomic mass is 35.5. The van der Waals surface area contributed by atoms with Crippen LogP contribution in [0.3, 0.4) is 0 Å². The van der Waals surface area contributed by atoms with E-state index >= 15 is 0 Å². The number of thiophene rings is 1. The molecule has 1 aliphatic heterocycles. The number of halogens is 1. The van der Waals surface area contributed by atoms with E-state index in [4.69, 9.17) is 11.6 Å². The second kappa shape index (κ2) is 7.43. The molecule has 26 heavy (non-hydrogen) atoms. The first kappa shape index (κ1) is 17.0. The quantitative estimate of drug-likeness (QED) is 0.688. The first-order valence-electron chi connectivity index (χ1n) is 8.38. The van der Waals surface area contributed by atoms with E-state index < -0.39 is 0 Å². The predicted molar refractivity (Wildman–Crippen MR) is 105 cm³/mol. The summed E-state index contributed by atoms with van der Waals surface area (Å²) < 4.78 is 0. The Bertz CT molecular complexity index is 890. The average Bonchev–Trinajstić information content (AvgIpc) is 3.23. The van der Waals surface area contributed by atoms with Gasteiger partial charge in [-0.25, -0.2) is 0 Å². The van der Waals surface area contributed by atoms with Crippen LogP contribution in [0.1, 0.15) is 10.4 Å². The maximum Gasteiger partial charge on any atom is 0.254 e. The third kappa shape index (κ3) is 3.57. The minimum absolute atomic E-state index is 0.0197. The van der Waals surface area contributed by atoms with Crippen LogP contribution in [0, 0.1) is 0 Å². The van der Waals surface area contributed by atoms with Gasteiger partial charge in [-0.2, -0.15) is 0 Å². The molecule has 1 fully saturated rings. The molecule has 4 rings (SSSR count). The molecule has 1 aromatic carbocycles. The summed E-state index contributed by atoms with van der Waals surface area (Å²) in [5.41, 5.74) is 1.52. The van der Waals surface area contributed by atoms with Gasteiger partial charge in [-0.1, -0.05) is 23.7 Å². The maximum atomic E-state index is 12.6. The van der Waals surface area contributed by atoms with Crippen LogP contribution in [0.2, 0.25) is 5.02 Å². The van der Waals surface area contributed by atoms with E-state index in [0.29, 0.717) is 23.7 Å². The van der Waals surface area contributed by atoms with Crippen LogP contribution < -0.4 is 4.90 Å². The van der Waals surface area contributed by atoms with Gasteiger partial charge in [0, 0.05) is 36.8 Å². The Morgan fingerprint density at radius 3 is 2.50 bits per heavy atom. The third-order valence-corrected chi connectivity index (χ3v) is 5.51. The summed E-state index contributed by atoms with van der Waals surface area (Å²) >= 11 is 7.64. The van der Waals surface area contributed by atoms with E-state index in [1.54, 1.807) is 35.6 Å². The van der Waals surface area contributed by atoms with Crippen LogP contribution in [0.5, 0.6) is 0 Å². The normalized spacial score (nSPS) is 14.5. The summed E-state index contributed by atoms with van der Waals surface area (Å²) in [5.74, 6) is 0.867. The van der Waals surface area contributed by atoms with Gasteiger partial charge in [0.15, 0.2) is 5.82 Å². The van der Waals surface area contributed by atoms with Gasteiger partial charge in [0.1, 0.15) is 5.69 Å². The number of amides is 1. The van der Waals surface area contributed by atoms with E-state index in [2.05, 4.69) is 15.1 Å². The lowest BCUT2D eigenvalue weighted by atomic mass is 10.2. The Balaban J connectivity index is 1.39. The predicted octanol–water partition coefficient (Wildman–Crippen LogP) is 3.82. The highest BCUT2D eigenvalue weighted by Gasteiger charge is 2.23. The molecule has 132 valence electrons. The summed E-state index contributed by atoms with van der Waals surface area (Å²) in [6.45, 7) is 2.78. The minimum atomic E-state index is 0.0197. The van der Waals surface area contributed by atoms with Crippen molar-refractivity contribution in [2.24, 2.45) is 0 Å². The Labute approximate surface area is 160 Å². The average molecular weight is 385 g/mol. The van der Waals surface area contributed by atoms with Gasteiger partial charge in [0.25, 0.3) is 5.91 Å². The number of piperazine rings is 1. The van der Waals surface area contributed by atoms with E-state index in [-0.39, 0.29) is 5.91 Å². The van der Waals surface area contributed by atoms with Crippen LogP contribution >= 0.6 is 22.9 Å². The Hall–Kier alpha value is -2.44. The van der Waals surface area contributed by atoms with Gasteiger partial charge in [-0.05, 0) is 41.8 Å². The SMILES string of the molecule is O=C(c1cccc(Cl)c1)N1CCN(c2ccc(-c3cccs3)nn2)CC1. The molecule has 0 unspecified atom stereocenters. The van der Waals surface area contributed by atoms with Crippen LogP contribution in [-0.4, -0.2) is 47.2 Å². The molecule has 5 nitrogen and oxygen atoms in total. The first-order chi connectivity index (χ1) is 12.7. The van der Waals surface area contributed by atoms with Crippen molar-refractivity contribution in [2.75, 3.05) is 31.1 Å². The van der Waals surface area contributed by atoms with Crippen LogP contribution in [0.15, 0.2) is 53.9 Å². The molecule has 0 bridgehead atoms. The fourth-order valence-corrected chi connectivity index (χ4v) is 3.87. The second-order valence-corrected chi connectivity index (χ2v) is 7.43. The van der Waals surface area contributed by atoms with Crippen LogP contribution in [-0.2, 0) is 0 Å². The van der Waals surface area contributed by atoms with Gasteiger partial charge in [-0.15, -0.1) is 21.5 Å². The number of hydrogen-bond donors (Lipinski definition) is 0. The molecule has 0 N–H and O–H groups in total. The molecule has 0 aliphatic carbocycles. The Morgan fingerprint density at radius 1 is 1.00 bits per heavy atom. The molecule has 3 heterocycles. The zero-order chi connectivity index (χ0) is 17.9. The number of carbonyl (C=O) groups excluding carboxylic acids is 1. The zero-order valence-electron chi connectivity index (χ0n) is 14.0. The van der Waals surface area contributed by atoms with Crippen LogP contribution in [0.25, 0.3) is 10.6 Å². The number of hydrogen-bond acceptors (Lipinski definition) is 5. The van der Waals surface area contributed by atoms with Gasteiger partial charge < -0.3 is 9.80 Å². The molecule has 0 atom stereocenters. The van der Waals surface area contributed by atoms with Gasteiger partial charge in [0.2, 0.25) is 0 Å². The van der Waals surface area contributed by atoms with E-state index in [9.17, 15) is 4.79 Å². The fourth-order valence-electron chi connectivity index (χ4n) is 2.99. The first-order valence-corrected chi connectivity index (χ1v) is 9.64. The van der Waals surface area contributed by atoms with Crippen LogP contribution in [0.4, 0.5) is 5.82 Å². The van der Waals surface area contributed by atoms with Crippen molar-refractivity contribution in [3.63, 3.8) is 0 Å². The standard InChI is InChI=1S/C19H17ClN4OS/c20-15-4-1-3-14(13-15)19(25)24-10-8-23(9-11-24)18-7-6-16(21-22-18)17-5-2-12-26-17/h1-7,12-13H,8-11H2. The van der Waals surface area contributed by atoms with E-state index in [0.717, 1.165) is 29.5 Å². The summed E-state index contributed by atoms with van der Waals surface area (Å²) in [4.78, 5) is 17.7. The number of carbonyl (C=O) groups is 1. The molecule has 0 spiro atoms. The van der Waals surface area contributed by atoms with Crippen molar-refractivity contribution >= 4 is 34.7 Å². The number of anilines is 1. The topological polar surface area (TPSA) is 49.3 Å². The fraction of sp³-hybridized carbons (Fsp3) is 0.211. The molecule has 0 radical (unpaired) electrons. The summed E-state index contributed by atoms with van der Waals surface area (Å²) in [7, 11) is 0. The summed E-state index contributed by atoms with van der Waals surface area (Å²) in [5, 5.41) is 11.3. The molecule has 1 aliphatic rings. The van der Waals surface area contributed by atoms with Crippen molar-refractivity contribution in [3.8, 4) is 10.6 Å². The maximum absolute atomic E-state index is 12.6. The molecule has 1 amide bonds. The molecule has 3 aromatic rings. The van der Waals surface area contributed by atoms with Crippen molar-refractivity contribution in [1.29, 1.82) is 0 Å². The lowest BCUT2D eigenvalue weighted by Crippen LogP contribution is -2.49. The third-order valence-electron chi connectivity index (χ3n) is 4.39. The van der Waals surface area contributed by atoms with Crippen molar-refractivity contribution in [3.05, 3.63) is 64.5 Å². The molecule has 0 saturated carbocycles. The molecule has 7 heteroatoms. The Kier molecular flexibility index (Phi) is 4.86. The summed E-state index contributed by atoms with van der Waals surface area (Å²) in [6, 6.07) is 15.1. The second-order valence-electron chi connectivity index (χ2n) is 6.04. The van der Waals surface area contributed by atoms with Crippen molar-refractivity contribution in [1.82, 2.24) is 15.1 Å². The number of aromatic nitrogens is 2. The lowest BCUT2D eigenvalue weighted by Gasteiger charge is -2.35. The highest BCUT2D eigenvalue weighted by molar-refractivity contribution is 7.13. The minimum Gasteiger partial charge on any atom is -0.352 e. The Morgan fingerprint density at radius 2 is 1.85 bits per heavy atom. The smallest absolute Gasteiger partial charge is 0.254 e. The number of nitrogens with zero attached hydrogens (tertiary/aromatic N) is 4. The largest absolute Gasteiger partial charge is 0.352 e. The molecular weight excluding hydrogens is 368 g/mol. The van der Waals surface area contributed by atoms with Crippen molar-refractivity contribution < 1.29 is 4.79 Å². The monoisotopic (exact) mass is 384 g/mol. The van der Waals surface area contributed by atoms with Crippen molar-refractivity contribution in [2.45, 2.75) is 0 Å². The number of benzene rings is 1. The zero-order valence-corrected chi connectivity index (χ0v) is 15.6.